The number of hydrogen-bond acceptors (Lipinski definition) is 5. The molecular weight excluding hydrogens is 356 g/mol. The van der Waals surface area contributed by atoms with Gasteiger partial charge in [-0.1, -0.05) is 19.3 Å². The fraction of sp³-hybridized carbons (Fsp3) is 0.750. The molecule has 2 amide bonds. The Bertz CT molecular complexity index is 667. The van der Waals surface area contributed by atoms with Crippen LogP contribution < -0.4 is 15.4 Å². The standard InChI is InChI=1S/C16H30N6O3S/c1-21(2)11-12-22-10-8-15(19-22)18-16(23)17-9-13-26(24,25)20-14-6-4-3-5-7-14/h8,10,14,20H,3-7,9,11-13H2,1-2H3,(H2,17,18,19,23). The molecule has 1 aliphatic carbocycles. The quantitative estimate of drug-likeness (QED) is 0.582. The molecule has 0 radical (unpaired) electrons. The van der Waals surface area contributed by atoms with Crippen molar-refractivity contribution in [3.8, 4) is 0 Å². The van der Waals surface area contributed by atoms with Gasteiger partial charge in [-0.05, 0) is 26.9 Å². The molecule has 9 nitrogen and oxygen atoms in total. The third-order valence-electron chi connectivity index (χ3n) is 4.27. The fourth-order valence-electron chi connectivity index (χ4n) is 2.85. The molecule has 1 fully saturated rings. The van der Waals surface area contributed by atoms with Crippen molar-refractivity contribution in [3.63, 3.8) is 0 Å². The van der Waals surface area contributed by atoms with Crippen molar-refractivity contribution < 1.29 is 13.2 Å². The third kappa shape index (κ3) is 7.71. The number of urea groups is 1. The van der Waals surface area contributed by atoms with Crippen LogP contribution in [-0.2, 0) is 16.6 Å². The summed E-state index contributed by atoms with van der Waals surface area (Å²) < 4.78 is 28.6. The van der Waals surface area contributed by atoms with Gasteiger partial charge in [-0.2, -0.15) is 5.10 Å². The van der Waals surface area contributed by atoms with E-state index in [2.05, 4.69) is 20.5 Å². The largest absolute Gasteiger partial charge is 0.337 e. The number of carbonyl (C=O) groups excluding carboxylic acids is 1. The zero-order valence-corrected chi connectivity index (χ0v) is 16.4. The van der Waals surface area contributed by atoms with Crippen molar-refractivity contribution in [2.24, 2.45) is 0 Å². The van der Waals surface area contributed by atoms with E-state index in [4.69, 9.17) is 0 Å². The average molecular weight is 387 g/mol. The van der Waals surface area contributed by atoms with Crippen LogP contribution in [0.3, 0.4) is 0 Å². The van der Waals surface area contributed by atoms with Gasteiger partial charge in [0.15, 0.2) is 5.82 Å². The Morgan fingerprint density at radius 3 is 2.73 bits per heavy atom. The zero-order valence-electron chi connectivity index (χ0n) is 15.6. The maximum Gasteiger partial charge on any atom is 0.320 e. The highest BCUT2D eigenvalue weighted by Crippen LogP contribution is 2.17. The van der Waals surface area contributed by atoms with Gasteiger partial charge in [-0.25, -0.2) is 17.9 Å². The van der Waals surface area contributed by atoms with E-state index in [-0.39, 0.29) is 18.3 Å². The molecule has 1 aliphatic rings. The smallest absolute Gasteiger partial charge is 0.320 e. The first-order chi connectivity index (χ1) is 12.3. The summed E-state index contributed by atoms with van der Waals surface area (Å²) in [6.07, 6.45) is 6.87. The first kappa shape index (κ1) is 20.7. The minimum atomic E-state index is -3.38. The van der Waals surface area contributed by atoms with Crippen LogP contribution in [0.1, 0.15) is 32.1 Å². The second-order valence-electron chi connectivity index (χ2n) is 6.92. The average Bonchev–Trinajstić information content (AvgIpc) is 3.00. The van der Waals surface area contributed by atoms with Crippen LogP contribution in [0.2, 0.25) is 0 Å². The van der Waals surface area contributed by atoms with Crippen molar-refractivity contribution in [2.75, 3.05) is 38.3 Å². The van der Waals surface area contributed by atoms with Crippen LogP contribution in [0.4, 0.5) is 10.6 Å². The molecule has 0 aromatic carbocycles. The molecular formula is C16H30N6O3S. The predicted octanol–water partition coefficient (Wildman–Crippen LogP) is 0.818. The van der Waals surface area contributed by atoms with Gasteiger partial charge < -0.3 is 10.2 Å². The van der Waals surface area contributed by atoms with Crippen LogP contribution in [0.25, 0.3) is 0 Å². The summed E-state index contributed by atoms with van der Waals surface area (Å²) >= 11 is 0. The molecule has 26 heavy (non-hydrogen) atoms. The predicted molar refractivity (Wildman–Crippen MR) is 102 cm³/mol. The summed E-state index contributed by atoms with van der Waals surface area (Å²) in [6, 6.07) is 1.28. The molecule has 0 atom stereocenters. The lowest BCUT2D eigenvalue weighted by molar-refractivity contribution is 0.252. The van der Waals surface area contributed by atoms with Crippen LogP contribution in [0.5, 0.6) is 0 Å². The van der Waals surface area contributed by atoms with E-state index in [1.54, 1.807) is 16.9 Å². The monoisotopic (exact) mass is 386 g/mol. The van der Waals surface area contributed by atoms with E-state index in [9.17, 15) is 13.2 Å². The number of nitrogens with zero attached hydrogens (tertiary/aromatic N) is 3. The summed E-state index contributed by atoms with van der Waals surface area (Å²) in [5.74, 6) is 0.304. The van der Waals surface area contributed by atoms with Gasteiger partial charge in [0.1, 0.15) is 0 Å². The van der Waals surface area contributed by atoms with Crippen molar-refractivity contribution >= 4 is 21.9 Å². The molecule has 0 bridgehead atoms. The van der Waals surface area contributed by atoms with E-state index < -0.39 is 16.1 Å². The normalized spacial score (nSPS) is 16.0. The van der Waals surface area contributed by atoms with Gasteiger partial charge >= 0.3 is 6.03 Å². The summed E-state index contributed by atoms with van der Waals surface area (Å²) in [6.45, 7) is 1.62. The lowest BCUT2D eigenvalue weighted by Crippen LogP contribution is -2.41. The van der Waals surface area contributed by atoms with Crippen molar-refractivity contribution in [3.05, 3.63) is 12.3 Å². The molecule has 1 aromatic rings. The fourth-order valence-corrected chi connectivity index (χ4v) is 4.08. The Morgan fingerprint density at radius 2 is 2.04 bits per heavy atom. The number of rotatable bonds is 9. The van der Waals surface area contributed by atoms with Crippen molar-refractivity contribution in [1.29, 1.82) is 0 Å². The molecule has 1 heterocycles. The molecule has 1 aromatic heterocycles. The third-order valence-corrected chi connectivity index (χ3v) is 5.70. The number of aromatic nitrogens is 2. The molecule has 0 saturated heterocycles. The molecule has 0 unspecified atom stereocenters. The molecule has 0 aliphatic heterocycles. The maximum absolute atomic E-state index is 12.1. The number of amides is 2. The minimum Gasteiger partial charge on any atom is -0.337 e. The number of hydrogen-bond donors (Lipinski definition) is 3. The molecule has 0 spiro atoms. The molecule has 148 valence electrons. The zero-order chi connectivity index (χ0) is 19.0. The van der Waals surface area contributed by atoms with Crippen LogP contribution in [-0.4, -0.2) is 68.1 Å². The van der Waals surface area contributed by atoms with Crippen molar-refractivity contribution in [2.45, 2.75) is 44.7 Å². The van der Waals surface area contributed by atoms with Gasteiger partial charge in [0, 0.05) is 31.4 Å². The number of sulfonamides is 1. The Labute approximate surface area is 155 Å². The minimum absolute atomic E-state index is 0.0358. The second kappa shape index (κ2) is 9.89. The number of carbonyl (C=O) groups is 1. The molecule has 3 N–H and O–H groups in total. The maximum atomic E-state index is 12.1. The topological polar surface area (TPSA) is 108 Å². The van der Waals surface area contributed by atoms with Gasteiger partial charge in [-0.15, -0.1) is 0 Å². The number of nitrogens with one attached hydrogen (secondary N) is 3. The highest BCUT2D eigenvalue weighted by Gasteiger charge is 2.20. The van der Waals surface area contributed by atoms with E-state index in [0.717, 1.165) is 38.8 Å². The van der Waals surface area contributed by atoms with Crippen molar-refractivity contribution in [1.82, 2.24) is 24.7 Å². The van der Waals surface area contributed by atoms with Gasteiger partial charge in [0.05, 0.1) is 12.3 Å². The highest BCUT2D eigenvalue weighted by molar-refractivity contribution is 7.89. The summed E-state index contributed by atoms with van der Waals surface area (Å²) in [5.41, 5.74) is 0. The Hall–Kier alpha value is -1.65. The Kier molecular flexibility index (Phi) is 7.85. The molecule has 10 heteroatoms. The first-order valence-electron chi connectivity index (χ1n) is 9.07. The van der Waals surface area contributed by atoms with Gasteiger partial charge in [-0.3, -0.25) is 10.00 Å². The van der Waals surface area contributed by atoms with Crippen LogP contribution >= 0.6 is 0 Å². The Balaban J connectivity index is 1.68. The van der Waals surface area contributed by atoms with Crippen LogP contribution in [0.15, 0.2) is 12.3 Å². The summed E-state index contributed by atoms with van der Waals surface area (Å²) in [5, 5.41) is 9.41. The summed E-state index contributed by atoms with van der Waals surface area (Å²) in [7, 11) is 0.581. The lowest BCUT2D eigenvalue weighted by atomic mass is 9.96. The summed E-state index contributed by atoms with van der Waals surface area (Å²) in [4.78, 5) is 13.9. The first-order valence-corrected chi connectivity index (χ1v) is 10.7. The SMILES string of the molecule is CN(C)CCn1ccc(NC(=O)NCCS(=O)(=O)NC2CCCCC2)n1. The van der Waals surface area contributed by atoms with Crippen LogP contribution in [0, 0.1) is 0 Å². The molecule has 1 saturated carbocycles. The lowest BCUT2D eigenvalue weighted by Gasteiger charge is -2.22. The number of likely N-dealkylation sites (N-methyl/N-ethyl adjacent to an activating group) is 1. The van der Waals surface area contributed by atoms with E-state index in [0.29, 0.717) is 5.82 Å². The van der Waals surface area contributed by atoms with E-state index in [1.807, 2.05) is 19.0 Å². The molecule has 2 rings (SSSR count). The Morgan fingerprint density at radius 1 is 1.31 bits per heavy atom. The van der Waals surface area contributed by atoms with E-state index >= 15 is 0 Å². The highest BCUT2D eigenvalue weighted by atomic mass is 32.2. The second-order valence-corrected chi connectivity index (χ2v) is 8.79. The number of anilines is 1. The van der Waals surface area contributed by atoms with Gasteiger partial charge in [0.25, 0.3) is 0 Å². The van der Waals surface area contributed by atoms with Gasteiger partial charge in [0.2, 0.25) is 10.0 Å². The van der Waals surface area contributed by atoms with E-state index in [1.165, 1.54) is 6.42 Å².